The molecule has 2 nitrogen and oxygen atoms in total. The summed E-state index contributed by atoms with van der Waals surface area (Å²) >= 11 is 0. The fraction of sp³-hybridized carbons (Fsp3) is 0.400. The molecule has 92 valence electrons. The summed E-state index contributed by atoms with van der Waals surface area (Å²) < 4.78 is 0. The van der Waals surface area contributed by atoms with E-state index in [0.717, 1.165) is 11.1 Å². The number of hydrogen-bond donors (Lipinski definition) is 1. The van der Waals surface area contributed by atoms with Crippen LogP contribution in [0.15, 0.2) is 35.9 Å². The van der Waals surface area contributed by atoms with Gasteiger partial charge in [0.25, 0.3) is 0 Å². The summed E-state index contributed by atoms with van der Waals surface area (Å²) in [4.78, 5) is 11.6. The highest BCUT2D eigenvalue weighted by atomic mass is 16.1. The van der Waals surface area contributed by atoms with Crippen LogP contribution in [0, 0.1) is 0 Å². The second-order valence-electron chi connectivity index (χ2n) is 5.24. The average molecular weight is 231 g/mol. The van der Waals surface area contributed by atoms with Crippen LogP contribution in [0.4, 0.5) is 0 Å². The monoisotopic (exact) mass is 231 g/mol. The molecule has 1 aromatic rings. The molecule has 0 aliphatic rings. The van der Waals surface area contributed by atoms with Gasteiger partial charge in [0.05, 0.1) is 0 Å². The number of nitrogens with one attached hydrogen (secondary N) is 1. The van der Waals surface area contributed by atoms with Crippen molar-refractivity contribution in [2.24, 2.45) is 0 Å². The highest BCUT2D eigenvalue weighted by Crippen LogP contribution is 2.08. The summed E-state index contributed by atoms with van der Waals surface area (Å²) in [7, 11) is 0. The van der Waals surface area contributed by atoms with Crippen molar-refractivity contribution in [1.29, 1.82) is 0 Å². The fourth-order valence-electron chi connectivity index (χ4n) is 1.39. The van der Waals surface area contributed by atoms with Crippen molar-refractivity contribution in [3.05, 3.63) is 41.5 Å². The maximum absolute atomic E-state index is 11.6. The molecule has 0 aliphatic carbocycles. The number of rotatable bonds is 4. The van der Waals surface area contributed by atoms with Crippen molar-refractivity contribution < 1.29 is 4.79 Å². The smallest absolute Gasteiger partial charge is 0.157 e. The Labute approximate surface area is 104 Å². The molecule has 1 rings (SSSR count). The lowest BCUT2D eigenvalue weighted by molar-refractivity contribution is -0.113. The van der Waals surface area contributed by atoms with Crippen molar-refractivity contribution in [3.63, 3.8) is 0 Å². The van der Waals surface area contributed by atoms with E-state index in [9.17, 15) is 4.79 Å². The second-order valence-corrected chi connectivity index (χ2v) is 5.24. The maximum atomic E-state index is 11.6. The number of hydrogen-bond acceptors (Lipinski definition) is 2. The minimum Gasteiger partial charge on any atom is -0.308 e. The topological polar surface area (TPSA) is 29.1 Å². The Morgan fingerprint density at radius 3 is 2.29 bits per heavy atom. The molecule has 0 aromatic heterocycles. The molecule has 1 aromatic carbocycles. The van der Waals surface area contributed by atoms with E-state index in [4.69, 9.17) is 0 Å². The summed E-state index contributed by atoms with van der Waals surface area (Å²) in [6.07, 6.45) is 1.95. The molecular formula is C15H21NO. The van der Waals surface area contributed by atoms with Gasteiger partial charge in [-0.1, -0.05) is 30.3 Å². The van der Waals surface area contributed by atoms with Crippen molar-refractivity contribution in [2.45, 2.75) is 33.2 Å². The zero-order valence-electron chi connectivity index (χ0n) is 11.1. The third-order valence-electron chi connectivity index (χ3n) is 2.40. The Morgan fingerprint density at radius 2 is 1.82 bits per heavy atom. The molecule has 0 fully saturated rings. The van der Waals surface area contributed by atoms with Crippen molar-refractivity contribution in [2.75, 3.05) is 6.54 Å². The van der Waals surface area contributed by atoms with Gasteiger partial charge in [-0.25, -0.2) is 0 Å². The van der Waals surface area contributed by atoms with Gasteiger partial charge in [0.2, 0.25) is 0 Å². The lowest BCUT2D eigenvalue weighted by atomic mass is 10.0. The molecule has 1 N–H and O–H groups in total. The second kappa shape index (κ2) is 5.78. The summed E-state index contributed by atoms with van der Waals surface area (Å²) in [5, 5.41) is 3.33. The van der Waals surface area contributed by atoms with Gasteiger partial charge in [0, 0.05) is 17.7 Å². The van der Waals surface area contributed by atoms with E-state index in [1.807, 2.05) is 36.4 Å². The number of carbonyl (C=O) groups excluding carboxylic acids is 1. The molecule has 0 bridgehead atoms. The summed E-state index contributed by atoms with van der Waals surface area (Å²) in [6, 6.07) is 9.92. The Bertz CT molecular complexity index is 399. The van der Waals surface area contributed by atoms with Gasteiger partial charge in [-0.15, -0.1) is 0 Å². The minimum atomic E-state index is 0.0191. The van der Waals surface area contributed by atoms with Crippen molar-refractivity contribution >= 4 is 11.9 Å². The van der Waals surface area contributed by atoms with E-state index in [2.05, 4.69) is 26.1 Å². The average Bonchev–Trinajstić information content (AvgIpc) is 2.24. The van der Waals surface area contributed by atoms with Crippen LogP contribution in [0.5, 0.6) is 0 Å². The number of benzene rings is 1. The lowest BCUT2D eigenvalue weighted by Crippen LogP contribution is -2.37. The SMILES string of the molecule is CC(=O)/C(=C\c1ccccc1)CNC(C)(C)C. The van der Waals surface area contributed by atoms with Gasteiger partial charge in [-0.05, 0) is 39.3 Å². The van der Waals surface area contributed by atoms with E-state index < -0.39 is 0 Å². The van der Waals surface area contributed by atoms with Crippen molar-refractivity contribution in [3.8, 4) is 0 Å². The fourth-order valence-corrected chi connectivity index (χ4v) is 1.39. The molecular weight excluding hydrogens is 210 g/mol. The molecule has 17 heavy (non-hydrogen) atoms. The normalized spacial score (nSPS) is 12.6. The van der Waals surface area contributed by atoms with E-state index in [-0.39, 0.29) is 11.3 Å². The highest BCUT2D eigenvalue weighted by Gasteiger charge is 2.11. The first kappa shape index (κ1) is 13.7. The summed E-state index contributed by atoms with van der Waals surface area (Å²) in [5.74, 6) is 0.116. The van der Waals surface area contributed by atoms with Crippen LogP contribution in [0.25, 0.3) is 6.08 Å². The maximum Gasteiger partial charge on any atom is 0.157 e. The zero-order chi connectivity index (χ0) is 12.9. The van der Waals surface area contributed by atoms with E-state index >= 15 is 0 Å². The third kappa shape index (κ3) is 5.45. The Hall–Kier alpha value is -1.41. The van der Waals surface area contributed by atoms with Gasteiger partial charge in [-0.2, -0.15) is 0 Å². The van der Waals surface area contributed by atoms with E-state index in [1.54, 1.807) is 6.92 Å². The first-order chi connectivity index (χ1) is 7.88. The third-order valence-corrected chi connectivity index (χ3v) is 2.40. The Balaban J connectivity index is 2.80. The zero-order valence-corrected chi connectivity index (χ0v) is 11.1. The molecule has 0 aliphatic heterocycles. The lowest BCUT2D eigenvalue weighted by Gasteiger charge is -2.21. The predicted molar refractivity (Wildman–Crippen MR) is 72.9 cm³/mol. The Kier molecular flexibility index (Phi) is 4.64. The van der Waals surface area contributed by atoms with Gasteiger partial charge in [0.15, 0.2) is 5.78 Å². The molecule has 0 atom stereocenters. The van der Waals surface area contributed by atoms with Gasteiger partial charge in [-0.3, -0.25) is 4.79 Å². The van der Waals surface area contributed by atoms with E-state index in [0.29, 0.717) is 6.54 Å². The molecule has 0 heterocycles. The summed E-state index contributed by atoms with van der Waals surface area (Å²) in [6.45, 7) is 8.49. The van der Waals surface area contributed by atoms with Gasteiger partial charge in [0.1, 0.15) is 0 Å². The molecule has 0 unspecified atom stereocenters. The molecule has 0 saturated heterocycles. The first-order valence-corrected chi connectivity index (χ1v) is 5.90. The van der Waals surface area contributed by atoms with Crippen LogP contribution < -0.4 is 5.32 Å². The van der Waals surface area contributed by atoms with E-state index in [1.165, 1.54) is 0 Å². The quantitative estimate of drug-likeness (QED) is 0.807. The largest absolute Gasteiger partial charge is 0.308 e. The molecule has 2 heteroatoms. The van der Waals surface area contributed by atoms with Gasteiger partial charge >= 0.3 is 0 Å². The standard InChI is InChI=1S/C15H21NO/c1-12(17)14(11-16-15(2,3)4)10-13-8-6-5-7-9-13/h5-10,16H,11H2,1-4H3/b14-10-. The van der Waals surface area contributed by atoms with Crippen LogP contribution in [0.1, 0.15) is 33.3 Å². The van der Waals surface area contributed by atoms with Crippen molar-refractivity contribution in [1.82, 2.24) is 5.32 Å². The molecule has 0 radical (unpaired) electrons. The number of ketones is 1. The molecule has 0 amide bonds. The van der Waals surface area contributed by atoms with Crippen LogP contribution in [0.2, 0.25) is 0 Å². The molecule has 0 spiro atoms. The minimum absolute atomic E-state index is 0.0191. The predicted octanol–water partition coefficient (Wildman–Crippen LogP) is 3.05. The van der Waals surface area contributed by atoms with Crippen LogP contribution >= 0.6 is 0 Å². The van der Waals surface area contributed by atoms with Crippen LogP contribution in [-0.4, -0.2) is 17.9 Å². The summed E-state index contributed by atoms with van der Waals surface area (Å²) in [5.41, 5.74) is 1.89. The first-order valence-electron chi connectivity index (χ1n) is 5.90. The number of carbonyl (C=O) groups is 1. The van der Waals surface area contributed by atoms with Crippen LogP contribution in [0.3, 0.4) is 0 Å². The highest BCUT2D eigenvalue weighted by molar-refractivity contribution is 5.98. The Morgan fingerprint density at radius 1 is 1.24 bits per heavy atom. The molecule has 0 saturated carbocycles. The number of Topliss-reactive ketones (excluding diaryl/α,β-unsaturated/α-hetero) is 1. The van der Waals surface area contributed by atoms with Crippen LogP contribution in [-0.2, 0) is 4.79 Å². The van der Waals surface area contributed by atoms with Gasteiger partial charge < -0.3 is 5.32 Å².